The van der Waals surface area contributed by atoms with Gasteiger partial charge in [0.1, 0.15) is 29.3 Å². The highest BCUT2D eigenvalue weighted by atomic mass is 79.9. The van der Waals surface area contributed by atoms with Crippen LogP contribution in [0.3, 0.4) is 0 Å². The predicted molar refractivity (Wildman–Crippen MR) is 196 cm³/mol. The third kappa shape index (κ3) is 20.4. The van der Waals surface area contributed by atoms with E-state index in [9.17, 15) is 9.59 Å². The third-order valence-electron chi connectivity index (χ3n) is 6.03. The maximum atomic E-state index is 11.6. The van der Waals surface area contributed by atoms with Gasteiger partial charge in [-0.05, 0) is 107 Å². The zero-order valence-electron chi connectivity index (χ0n) is 29.2. The van der Waals surface area contributed by atoms with Gasteiger partial charge < -0.3 is 30.0 Å². The van der Waals surface area contributed by atoms with E-state index in [1.807, 2.05) is 108 Å². The number of pyridine rings is 2. The highest BCUT2D eigenvalue weighted by molar-refractivity contribution is 9.08. The van der Waals surface area contributed by atoms with Crippen LogP contribution in [-0.2, 0) is 34.3 Å². The lowest BCUT2D eigenvalue weighted by atomic mass is 10.1. The summed E-state index contributed by atoms with van der Waals surface area (Å²) in [4.78, 5) is 30.9. The molecule has 4 rings (SSSR count). The van der Waals surface area contributed by atoms with Crippen molar-refractivity contribution in [3.05, 3.63) is 120 Å². The molecule has 4 aromatic rings. The van der Waals surface area contributed by atoms with Gasteiger partial charge in [0.05, 0.1) is 0 Å². The molecule has 0 saturated heterocycles. The number of carbonyl (C=O) groups is 2. The van der Waals surface area contributed by atoms with Crippen LogP contribution in [0.15, 0.2) is 97.6 Å². The number of phenols is 1. The van der Waals surface area contributed by atoms with Crippen LogP contribution < -0.4 is 15.4 Å². The maximum absolute atomic E-state index is 11.6. The molecule has 3 N–H and O–H groups in total. The first-order chi connectivity index (χ1) is 23.2. The average molecular weight is 738 g/mol. The summed E-state index contributed by atoms with van der Waals surface area (Å²) in [5.41, 5.74) is 3.48. The third-order valence-corrected chi connectivity index (χ3v) is 6.68. The van der Waals surface area contributed by atoms with Crippen molar-refractivity contribution in [2.45, 2.75) is 77.5 Å². The number of hydrogen-bond acceptors (Lipinski definition) is 8. The topological polar surface area (TPSA) is 132 Å². The Morgan fingerprint density at radius 2 is 1.12 bits per heavy atom. The van der Waals surface area contributed by atoms with E-state index in [4.69, 9.17) is 19.3 Å². The van der Waals surface area contributed by atoms with E-state index in [1.54, 1.807) is 30.7 Å². The molecule has 0 aliphatic heterocycles. The molecule has 0 aliphatic rings. The van der Waals surface area contributed by atoms with E-state index in [-0.39, 0.29) is 11.8 Å². The molecule has 0 saturated carbocycles. The fourth-order valence-corrected chi connectivity index (χ4v) is 4.12. The largest absolute Gasteiger partial charge is 0.508 e. The van der Waals surface area contributed by atoms with Gasteiger partial charge in [-0.1, -0.05) is 52.3 Å². The number of phenolic OH excluding ortho intramolecular Hbond substituents is 1. The molecule has 0 spiro atoms. The molecule has 2 heterocycles. The first-order valence-electron chi connectivity index (χ1n) is 16.0. The molecule has 2 amide bonds. The zero-order chi connectivity index (χ0) is 36.1. The summed E-state index contributed by atoms with van der Waals surface area (Å²) in [6.45, 7) is 12.5. The van der Waals surface area contributed by atoms with Crippen LogP contribution in [-0.4, -0.2) is 51.6 Å². The van der Waals surface area contributed by atoms with E-state index in [0.29, 0.717) is 26.1 Å². The van der Waals surface area contributed by atoms with E-state index >= 15 is 0 Å². The molecule has 264 valence electrons. The van der Waals surface area contributed by atoms with Crippen LogP contribution in [0, 0.1) is 0 Å². The Morgan fingerprint density at radius 3 is 1.51 bits per heavy atom. The summed E-state index contributed by atoms with van der Waals surface area (Å²) < 4.78 is 16.0. The summed E-state index contributed by atoms with van der Waals surface area (Å²) in [7, 11) is 0. The number of ether oxygens (including phenoxy) is 3. The minimum Gasteiger partial charge on any atom is -0.508 e. The van der Waals surface area contributed by atoms with Gasteiger partial charge in [0, 0.05) is 48.8 Å². The molecule has 49 heavy (non-hydrogen) atoms. The number of alkyl carbamates (subject to hydrolysis) is 2. The van der Waals surface area contributed by atoms with Gasteiger partial charge in [0.15, 0.2) is 0 Å². The number of carbonyl (C=O) groups excluding carboxylic acids is 2. The number of benzene rings is 2. The summed E-state index contributed by atoms with van der Waals surface area (Å²) in [6, 6.07) is 22.6. The summed E-state index contributed by atoms with van der Waals surface area (Å²) >= 11 is 3.32. The Kier molecular flexibility index (Phi) is 17.7. The number of halogens is 1. The molecule has 0 radical (unpaired) electrons. The number of rotatable bonds is 10. The van der Waals surface area contributed by atoms with Crippen LogP contribution in [0.25, 0.3) is 0 Å². The van der Waals surface area contributed by atoms with Gasteiger partial charge in [-0.2, -0.15) is 0 Å². The fourth-order valence-electron chi connectivity index (χ4n) is 3.79. The molecule has 0 aliphatic carbocycles. The number of aromatic nitrogens is 2. The Bertz CT molecular complexity index is 1490. The van der Waals surface area contributed by atoms with E-state index in [2.05, 4.69) is 36.5 Å². The van der Waals surface area contributed by atoms with Crippen LogP contribution in [0.5, 0.6) is 11.5 Å². The monoisotopic (exact) mass is 736 g/mol. The summed E-state index contributed by atoms with van der Waals surface area (Å²) in [5.74, 6) is 1.05. The second kappa shape index (κ2) is 21.4. The highest BCUT2D eigenvalue weighted by Gasteiger charge is 2.16. The van der Waals surface area contributed by atoms with Crippen LogP contribution in [0.2, 0.25) is 0 Å². The lowest BCUT2D eigenvalue weighted by molar-refractivity contribution is 0.0517. The Balaban J connectivity index is 0.000000288. The van der Waals surface area contributed by atoms with Crippen LogP contribution in [0.1, 0.15) is 63.8 Å². The second-order valence-electron chi connectivity index (χ2n) is 12.8. The van der Waals surface area contributed by atoms with Gasteiger partial charge in [0.2, 0.25) is 0 Å². The van der Waals surface area contributed by atoms with Gasteiger partial charge in [0.25, 0.3) is 0 Å². The summed E-state index contributed by atoms with van der Waals surface area (Å²) in [6.07, 6.45) is 7.79. The minimum atomic E-state index is -0.475. The number of nitrogens with one attached hydrogen (secondary N) is 2. The SMILES string of the molecule is BrCc1cccnc1.CC(C)(C)OC(=O)NCCc1ccc(O)cc1.CC(C)(C)OC(=O)NCCc1ccc(OCc2cccnc2)cc1. The van der Waals surface area contributed by atoms with Gasteiger partial charge >= 0.3 is 12.2 Å². The highest BCUT2D eigenvalue weighted by Crippen LogP contribution is 2.15. The fraction of sp³-hybridized carbons (Fsp3) is 0.368. The summed E-state index contributed by atoms with van der Waals surface area (Å²) in [5, 5.41) is 15.4. The molecule has 0 unspecified atom stereocenters. The van der Waals surface area contributed by atoms with Crippen molar-refractivity contribution >= 4 is 28.1 Å². The smallest absolute Gasteiger partial charge is 0.407 e. The van der Waals surface area contributed by atoms with Crippen molar-refractivity contribution in [3.63, 3.8) is 0 Å². The lowest BCUT2D eigenvalue weighted by Crippen LogP contribution is -2.33. The van der Waals surface area contributed by atoms with Crippen molar-refractivity contribution in [1.82, 2.24) is 20.6 Å². The molecule has 10 nitrogen and oxygen atoms in total. The maximum Gasteiger partial charge on any atom is 0.407 e. The molecule has 2 aromatic heterocycles. The molecule has 11 heteroatoms. The zero-order valence-corrected chi connectivity index (χ0v) is 30.8. The Hall–Kier alpha value is -4.64. The molecule has 0 fully saturated rings. The number of aromatic hydroxyl groups is 1. The van der Waals surface area contributed by atoms with Crippen molar-refractivity contribution in [3.8, 4) is 11.5 Å². The minimum absolute atomic E-state index is 0.244. The molecular weight excluding hydrogens is 688 g/mol. The van der Waals surface area contributed by atoms with Gasteiger partial charge in [-0.3, -0.25) is 9.97 Å². The number of nitrogens with zero attached hydrogens (tertiary/aromatic N) is 2. The first kappa shape index (κ1) is 40.5. The number of alkyl halides is 1. The van der Waals surface area contributed by atoms with Crippen LogP contribution >= 0.6 is 15.9 Å². The Labute approximate surface area is 298 Å². The van der Waals surface area contributed by atoms with E-state index in [1.165, 1.54) is 5.56 Å². The normalized spacial score (nSPS) is 10.7. The molecule has 2 aromatic carbocycles. The standard InChI is InChI=1S/C19H24N2O3.C13H19NO3.C6H6BrN/c1-19(2,3)24-18(22)21-12-10-15-6-8-17(9-7-15)23-14-16-5-4-11-20-13-16;1-13(2,3)17-12(16)14-9-8-10-4-6-11(15)7-5-10;7-4-6-2-1-3-8-5-6/h4-9,11,13H,10,12,14H2,1-3H3,(H,21,22);4-7,15H,8-9H2,1-3H3,(H,14,16);1-3,5H,4H2. The van der Waals surface area contributed by atoms with E-state index in [0.717, 1.165) is 34.2 Å². The molecule has 0 bridgehead atoms. The van der Waals surface area contributed by atoms with Crippen molar-refractivity contribution in [2.75, 3.05) is 13.1 Å². The second-order valence-corrected chi connectivity index (χ2v) is 13.4. The van der Waals surface area contributed by atoms with Gasteiger partial charge in [-0.25, -0.2) is 9.59 Å². The van der Waals surface area contributed by atoms with Gasteiger partial charge in [-0.15, -0.1) is 0 Å². The average Bonchev–Trinajstić information content (AvgIpc) is 3.05. The Morgan fingerprint density at radius 1 is 0.673 bits per heavy atom. The number of hydrogen-bond donors (Lipinski definition) is 3. The molecular formula is C38H49BrN4O6. The van der Waals surface area contributed by atoms with Crippen molar-refractivity contribution < 1.29 is 28.9 Å². The van der Waals surface area contributed by atoms with Crippen LogP contribution in [0.4, 0.5) is 9.59 Å². The van der Waals surface area contributed by atoms with Crippen molar-refractivity contribution in [1.29, 1.82) is 0 Å². The molecule has 0 atom stereocenters. The lowest BCUT2D eigenvalue weighted by Gasteiger charge is -2.19. The number of amides is 2. The van der Waals surface area contributed by atoms with Crippen molar-refractivity contribution in [2.24, 2.45) is 0 Å². The first-order valence-corrected chi connectivity index (χ1v) is 17.1. The predicted octanol–water partition coefficient (Wildman–Crippen LogP) is 8.16. The quantitative estimate of drug-likeness (QED) is 0.139. The van der Waals surface area contributed by atoms with E-state index < -0.39 is 17.3 Å².